The third-order valence-corrected chi connectivity index (χ3v) is 3.97. The van der Waals surface area contributed by atoms with E-state index in [9.17, 15) is 0 Å². The largest absolute Gasteiger partial charge is 0.394 e. The van der Waals surface area contributed by atoms with Gasteiger partial charge in [0.05, 0.1) is 5.52 Å². The van der Waals surface area contributed by atoms with Crippen LogP contribution in [0.5, 0.6) is 0 Å². The van der Waals surface area contributed by atoms with Crippen molar-refractivity contribution in [2.75, 3.05) is 37.2 Å². The molecule has 0 atom stereocenters. The summed E-state index contributed by atoms with van der Waals surface area (Å²) in [5.74, 6) is 0.801. The van der Waals surface area contributed by atoms with Gasteiger partial charge in [-0.1, -0.05) is 12.5 Å². The minimum atomic E-state index is 0.739. The van der Waals surface area contributed by atoms with Crippen LogP contribution in [0, 0.1) is 0 Å². The maximum absolute atomic E-state index is 6.11. The third-order valence-electron chi connectivity index (χ3n) is 3.97. The average molecular weight is 273 g/mol. The number of likely N-dealkylation sites (tertiary alicyclic amines) is 1. The highest BCUT2D eigenvalue weighted by atomic mass is 15.3. The summed E-state index contributed by atoms with van der Waals surface area (Å²) >= 11 is 0. The highest BCUT2D eigenvalue weighted by Gasteiger charge is 2.10. The van der Waals surface area contributed by atoms with E-state index in [2.05, 4.69) is 15.3 Å². The number of rotatable bonds is 5. The van der Waals surface area contributed by atoms with Crippen LogP contribution in [-0.4, -0.2) is 40.7 Å². The molecule has 108 valence electrons. The van der Waals surface area contributed by atoms with Gasteiger partial charge in [0.15, 0.2) is 5.82 Å². The predicted molar refractivity (Wildman–Crippen MR) is 83.0 cm³/mol. The van der Waals surface area contributed by atoms with Crippen LogP contribution >= 0.6 is 0 Å². The van der Waals surface area contributed by atoms with E-state index in [0.717, 1.165) is 30.0 Å². The minimum Gasteiger partial charge on any atom is -0.394 e. The Hall–Kier alpha value is -1.75. The Balaban J connectivity index is 1.51. The number of aromatic nitrogens is 2. The third kappa shape index (κ3) is 2.88. The second-order valence-corrected chi connectivity index (χ2v) is 5.48. The van der Waals surface area contributed by atoms with Gasteiger partial charge in [-0.25, -0.2) is 4.52 Å². The summed E-state index contributed by atoms with van der Waals surface area (Å²) in [5.41, 5.74) is 7.81. The number of nitrogens with one attached hydrogen (secondary N) is 1. The molecule has 5 heteroatoms. The van der Waals surface area contributed by atoms with Gasteiger partial charge in [-0.3, -0.25) is 0 Å². The fourth-order valence-corrected chi connectivity index (χ4v) is 2.84. The fourth-order valence-electron chi connectivity index (χ4n) is 2.84. The summed E-state index contributed by atoms with van der Waals surface area (Å²) in [6.45, 7) is 4.61. The van der Waals surface area contributed by atoms with Crippen molar-refractivity contribution in [2.45, 2.75) is 25.7 Å². The molecule has 3 rings (SSSR count). The zero-order valence-corrected chi connectivity index (χ0v) is 11.9. The van der Waals surface area contributed by atoms with E-state index < -0.39 is 0 Å². The van der Waals surface area contributed by atoms with Crippen LogP contribution in [0.4, 0.5) is 11.5 Å². The second kappa shape index (κ2) is 6.13. The van der Waals surface area contributed by atoms with Gasteiger partial charge in [0.25, 0.3) is 0 Å². The number of hydrogen-bond donors (Lipinski definition) is 2. The lowest BCUT2D eigenvalue weighted by Crippen LogP contribution is -2.31. The van der Waals surface area contributed by atoms with Crippen LogP contribution in [0.25, 0.3) is 5.52 Å². The summed E-state index contributed by atoms with van der Waals surface area (Å²) in [5, 5.41) is 7.82. The Bertz CT molecular complexity index is 556. The van der Waals surface area contributed by atoms with Gasteiger partial charge in [0.2, 0.25) is 0 Å². The molecule has 0 unspecified atom stereocenters. The smallest absolute Gasteiger partial charge is 0.172 e. The van der Waals surface area contributed by atoms with E-state index in [1.807, 2.05) is 28.9 Å². The van der Waals surface area contributed by atoms with E-state index in [1.165, 1.54) is 38.9 Å². The number of piperidine rings is 1. The van der Waals surface area contributed by atoms with Crippen molar-refractivity contribution in [1.29, 1.82) is 0 Å². The lowest BCUT2D eigenvalue weighted by atomic mass is 10.1. The van der Waals surface area contributed by atoms with Gasteiger partial charge in [-0.2, -0.15) is 0 Å². The van der Waals surface area contributed by atoms with Gasteiger partial charge in [0, 0.05) is 12.7 Å². The molecule has 0 aromatic carbocycles. The molecule has 0 spiro atoms. The first kappa shape index (κ1) is 13.2. The number of hydrogen-bond acceptors (Lipinski definition) is 4. The zero-order valence-electron chi connectivity index (χ0n) is 11.9. The molecule has 1 aliphatic rings. The van der Waals surface area contributed by atoms with Crippen molar-refractivity contribution in [1.82, 2.24) is 14.5 Å². The number of nitrogens with two attached hydrogens (primary N) is 1. The Kier molecular flexibility index (Phi) is 4.06. The molecule has 0 bridgehead atoms. The summed E-state index contributed by atoms with van der Waals surface area (Å²) in [6, 6.07) is 5.92. The fraction of sp³-hybridized carbons (Fsp3) is 0.533. The Morgan fingerprint density at radius 3 is 2.85 bits per heavy atom. The maximum Gasteiger partial charge on any atom is 0.172 e. The standard InChI is InChI=1S/C15H23N5/c16-14-13-7-2-5-12-20(13)18-15(14)17-8-6-11-19-9-3-1-4-10-19/h2,5,7,12H,1,3-4,6,8-11,16H2,(H,17,18). The molecule has 0 amide bonds. The Labute approximate surface area is 119 Å². The molecular formula is C15H23N5. The van der Waals surface area contributed by atoms with Crippen LogP contribution in [-0.2, 0) is 0 Å². The lowest BCUT2D eigenvalue weighted by Gasteiger charge is -2.26. The van der Waals surface area contributed by atoms with Crippen molar-refractivity contribution < 1.29 is 0 Å². The SMILES string of the molecule is Nc1c(NCCCN2CCCCC2)nn2ccccc12. The van der Waals surface area contributed by atoms with Crippen LogP contribution in [0.1, 0.15) is 25.7 Å². The molecule has 0 saturated carbocycles. The molecule has 3 N–H and O–H groups in total. The highest BCUT2D eigenvalue weighted by Crippen LogP contribution is 2.22. The van der Waals surface area contributed by atoms with Crippen LogP contribution in [0.15, 0.2) is 24.4 Å². The van der Waals surface area contributed by atoms with Gasteiger partial charge >= 0.3 is 0 Å². The van der Waals surface area contributed by atoms with Crippen LogP contribution in [0.2, 0.25) is 0 Å². The minimum absolute atomic E-state index is 0.739. The maximum atomic E-state index is 6.11. The van der Waals surface area contributed by atoms with Gasteiger partial charge in [-0.15, -0.1) is 5.10 Å². The number of pyridine rings is 1. The molecule has 1 saturated heterocycles. The molecule has 2 aromatic heterocycles. The van der Waals surface area contributed by atoms with Crippen molar-refractivity contribution in [3.8, 4) is 0 Å². The van der Waals surface area contributed by atoms with Crippen molar-refractivity contribution in [2.24, 2.45) is 0 Å². The first-order chi connectivity index (χ1) is 9.84. The molecule has 20 heavy (non-hydrogen) atoms. The molecule has 5 nitrogen and oxygen atoms in total. The average Bonchev–Trinajstić information content (AvgIpc) is 2.82. The summed E-state index contributed by atoms with van der Waals surface area (Å²) in [7, 11) is 0. The lowest BCUT2D eigenvalue weighted by molar-refractivity contribution is 0.228. The highest BCUT2D eigenvalue weighted by molar-refractivity contribution is 5.80. The Morgan fingerprint density at radius 2 is 2.05 bits per heavy atom. The summed E-state index contributed by atoms with van der Waals surface area (Å²) in [4.78, 5) is 2.55. The predicted octanol–water partition coefficient (Wildman–Crippen LogP) is 2.20. The van der Waals surface area contributed by atoms with Gasteiger partial charge < -0.3 is 16.0 Å². The molecule has 0 radical (unpaired) electrons. The summed E-state index contributed by atoms with van der Waals surface area (Å²) in [6.07, 6.45) is 7.16. The van der Waals surface area contributed by atoms with Gasteiger partial charge in [0.1, 0.15) is 5.69 Å². The van der Waals surface area contributed by atoms with Crippen molar-refractivity contribution in [3.63, 3.8) is 0 Å². The van der Waals surface area contributed by atoms with Crippen molar-refractivity contribution in [3.05, 3.63) is 24.4 Å². The van der Waals surface area contributed by atoms with Gasteiger partial charge in [-0.05, 0) is 51.0 Å². The summed E-state index contributed by atoms with van der Waals surface area (Å²) < 4.78 is 1.82. The number of fused-ring (bicyclic) bond motifs is 1. The second-order valence-electron chi connectivity index (χ2n) is 5.48. The molecule has 0 aliphatic carbocycles. The molecule has 3 heterocycles. The zero-order chi connectivity index (χ0) is 13.8. The first-order valence-corrected chi connectivity index (χ1v) is 7.53. The molecule has 1 fully saturated rings. The van der Waals surface area contributed by atoms with Crippen LogP contribution in [0.3, 0.4) is 0 Å². The molecule has 1 aliphatic heterocycles. The van der Waals surface area contributed by atoms with Crippen LogP contribution < -0.4 is 11.1 Å². The van der Waals surface area contributed by atoms with E-state index in [4.69, 9.17) is 5.73 Å². The monoisotopic (exact) mass is 273 g/mol. The quantitative estimate of drug-likeness (QED) is 0.820. The van der Waals surface area contributed by atoms with Crippen molar-refractivity contribution >= 4 is 17.0 Å². The number of nitrogen functional groups attached to an aromatic ring is 1. The van der Waals surface area contributed by atoms with E-state index in [-0.39, 0.29) is 0 Å². The van der Waals surface area contributed by atoms with E-state index in [0.29, 0.717) is 0 Å². The normalized spacial score (nSPS) is 16.6. The number of anilines is 2. The first-order valence-electron chi connectivity index (χ1n) is 7.53. The molecular weight excluding hydrogens is 250 g/mol. The Morgan fingerprint density at radius 1 is 1.20 bits per heavy atom. The topological polar surface area (TPSA) is 58.6 Å². The van der Waals surface area contributed by atoms with E-state index in [1.54, 1.807) is 0 Å². The van der Waals surface area contributed by atoms with E-state index >= 15 is 0 Å². The molecule has 2 aromatic rings. The number of nitrogens with zero attached hydrogens (tertiary/aromatic N) is 3.